The molecule has 0 radical (unpaired) electrons. The van der Waals surface area contributed by atoms with E-state index in [1.807, 2.05) is 6.92 Å². The number of hydrogen-bond donors (Lipinski definition) is 2. The summed E-state index contributed by atoms with van der Waals surface area (Å²) in [7, 11) is 0. The highest BCUT2D eigenvalue weighted by Gasteiger charge is 2.03. The summed E-state index contributed by atoms with van der Waals surface area (Å²) in [5.74, 6) is 0.00526. The van der Waals surface area contributed by atoms with Gasteiger partial charge in [0.1, 0.15) is 5.75 Å². The topological polar surface area (TPSA) is 90.7 Å². The number of aliphatic imine (C=N–C) groups is 1. The number of carbonyl (C=O) groups excluding carboxylic acids is 1. The maximum atomic E-state index is 11.3. The lowest BCUT2D eigenvalue weighted by Gasteiger charge is -2.02. The molecule has 1 aromatic rings. The highest BCUT2D eigenvalue weighted by Crippen LogP contribution is 2.12. The van der Waals surface area contributed by atoms with Crippen molar-refractivity contribution in [2.45, 2.75) is 6.92 Å². The molecule has 0 aliphatic heterocycles. The Kier molecular flexibility index (Phi) is 3.68. The Labute approximate surface area is 87.7 Å². The monoisotopic (exact) mass is 207 g/mol. The first-order valence-electron chi connectivity index (χ1n) is 4.50. The molecule has 1 rings (SSSR count). The summed E-state index contributed by atoms with van der Waals surface area (Å²) < 4.78 is 5.23. The first kappa shape index (κ1) is 11.0. The molecule has 5 heteroatoms. The SMILES string of the molecule is CCOc1ccc(C(=O)N=C(N)N)cc1. The van der Waals surface area contributed by atoms with Crippen LogP contribution in [0.25, 0.3) is 0 Å². The third-order valence-electron chi connectivity index (χ3n) is 1.64. The predicted molar refractivity (Wildman–Crippen MR) is 57.8 cm³/mol. The predicted octanol–water partition coefficient (Wildman–Crippen LogP) is 0.499. The molecule has 4 N–H and O–H groups in total. The van der Waals surface area contributed by atoms with E-state index in [1.165, 1.54) is 0 Å². The van der Waals surface area contributed by atoms with Crippen LogP contribution in [0.5, 0.6) is 5.75 Å². The van der Waals surface area contributed by atoms with E-state index in [0.717, 1.165) is 0 Å². The van der Waals surface area contributed by atoms with Crippen molar-refractivity contribution in [2.75, 3.05) is 6.61 Å². The molecular formula is C10H13N3O2. The molecule has 15 heavy (non-hydrogen) atoms. The van der Waals surface area contributed by atoms with Crippen LogP contribution in [0.15, 0.2) is 29.3 Å². The van der Waals surface area contributed by atoms with Crippen molar-refractivity contribution < 1.29 is 9.53 Å². The molecule has 0 saturated heterocycles. The normalized spacial score (nSPS) is 9.40. The number of amides is 1. The second-order valence-electron chi connectivity index (χ2n) is 2.80. The molecule has 5 nitrogen and oxygen atoms in total. The summed E-state index contributed by atoms with van der Waals surface area (Å²) in [6, 6.07) is 6.61. The van der Waals surface area contributed by atoms with Crippen molar-refractivity contribution in [3.8, 4) is 5.75 Å². The van der Waals surface area contributed by atoms with Gasteiger partial charge in [0.05, 0.1) is 6.61 Å². The average molecular weight is 207 g/mol. The number of nitrogens with zero attached hydrogens (tertiary/aromatic N) is 1. The van der Waals surface area contributed by atoms with E-state index in [9.17, 15) is 4.79 Å². The minimum absolute atomic E-state index is 0.242. The fourth-order valence-electron chi connectivity index (χ4n) is 1.04. The van der Waals surface area contributed by atoms with Crippen molar-refractivity contribution >= 4 is 11.9 Å². The zero-order chi connectivity index (χ0) is 11.3. The molecule has 0 saturated carbocycles. The fourth-order valence-corrected chi connectivity index (χ4v) is 1.04. The lowest BCUT2D eigenvalue weighted by Crippen LogP contribution is -2.24. The van der Waals surface area contributed by atoms with Gasteiger partial charge < -0.3 is 16.2 Å². The Morgan fingerprint density at radius 2 is 1.93 bits per heavy atom. The van der Waals surface area contributed by atoms with Gasteiger partial charge in [-0.05, 0) is 31.2 Å². The average Bonchev–Trinajstić information content (AvgIpc) is 2.18. The lowest BCUT2D eigenvalue weighted by molar-refractivity contribution is 0.100. The molecule has 0 heterocycles. The number of hydrogen-bond acceptors (Lipinski definition) is 2. The van der Waals surface area contributed by atoms with Gasteiger partial charge in [0.15, 0.2) is 5.96 Å². The summed E-state index contributed by atoms with van der Waals surface area (Å²) in [5.41, 5.74) is 10.6. The van der Waals surface area contributed by atoms with Gasteiger partial charge in [-0.1, -0.05) is 0 Å². The quantitative estimate of drug-likeness (QED) is 0.557. The van der Waals surface area contributed by atoms with E-state index in [4.69, 9.17) is 16.2 Å². The molecule has 0 aliphatic rings. The van der Waals surface area contributed by atoms with Crippen molar-refractivity contribution in [3.63, 3.8) is 0 Å². The zero-order valence-electron chi connectivity index (χ0n) is 8.43. The number of nitrogens with two attached hydrogens (primary N) is 2. The molecule has 1 aromatic carbocycles. The van der Waals surface area contributed by atoms with E-state index < -0.39 is 5.91 Å². The van der Waals surface area contributed by atoms with Gasteiger partial charge in [0, 0.05) is 5.56 Å². The van der Waals surface area contributed by atoms with Crippen molar-refractivity contribution in [1.29, 1.82) is 0 Å². The fraction of sp³-hybridized carbons (Fsp3) is 0.200. The molecule has 0 aromatic heterocycles. The molecule has 80 valence electrons. The molecule has 0 atom stereocenters. The van der Waals surface area contributed by atoms with Crippen LogP contribution in [0.1, 0.15) is 17.3 Å². The van der Waals surface area contributed by atoms with Crippen LogP contribution in [0, 0.1) is 0 Å². The first-order valence-corrected chi connectivity index (χ1v) is 4.50. The van der Waals surface area contributed by atoms with Crippen LogP contribution in [-0.4, -0.2) is 18.5 Å². The summed E-state index contributed by atoms with van der Waals surface area (Å²) in [6.45, 7) is 2.47. The summed E-state index contributed by atoms with van der Waals surface area (Å²) in [6.07, 6.45) is 0. The van der Waals surface area contributed by atoms with Crippen LogP contribution < -0.4 is 16.2 Å². The van der Waals surface area contributed by atoms with Gasteiger partial charge in [0.2, 0.25) is 0 Å². The molecule has 0 unspecified atom stereocenters. The number of rotatable bonds is 3. The second-order valence-corrected chi connectivity index (χ2v) is 2.80. The van der Waals surface area contributed by atoms with E-state index in [2.05, 4.69) is 4.99 Å². The van der Waals surface area contributed by atoms with Crippen LogP contribution in [-0.2, 0) is 0 Å². The van der Waals surface area contributed by atoms with Gasteiger partial charge in [-0.3, -0.25) is 4.79 Å². The summed E-state index contributed by atoms with van der Waals surface area (Å²) >= 11 is 0. The van der Waals surface area contributed by atoms with Crippen molar-refractivity contribution in [3.05, 3.63) is 29.8 Å². The second kappa shape index (κ2) is 4.99. The first-order chi connectivity index (χ1) is 7.13. The number of carbonyl (C=O) groups is 1. The maximum absolute atomic E-state index is 11.3. The Morgan fingerprint density at radius 1 is 1.33 bits per heavy atom. The summed E-state index contributed by atoms with van der Waals surface area (Å²) in [4.78, 5) is 14.8. The van der Waals surface area contributed by atoms with Gasteiger partial charge in [-0.2, -0.15) is 4.99 Å². The maximum Gasteiger partial charge on any atom is 0.280 e. The smallest absolute Gasteiger partial charge is 0.280 e. The van der Waals surface area contributed by atoms with Gasteiger partial charge in [0.25, 0.3) is 5.91 Å². The lowest BCUT2D eigenvalue weighted by atomic mass is 10.2. The van der Waals surface area contributed by atoms with Crippen LogP contribution in [0.4, 0.5) is 0 Å². The Hall–Kier alpha value is -2.04. The third-order valence-corrected chi connectivity index (χ3v) is 1.64. The highest BCUT2D eigenvalue weighted by atomic mass is 16.5. The number of ether oxygens (including phenoxy) is 1. The van der Waals surface area contributed by atoms with Crippen molar-refractivity contribution in [2.24, 2.45) is 16.5 Å². The number of benzene rings is 1. The van der Waals surface area contributed by atoms with Gasteiger partial charge in [-0.25, -0.2) is 0 Å². The molecule has 0 spiro atoms. The van der Waals surface area contributed by atoms with E-state index >= 15 is 0 Å². The zero-order valence-corrected chi connectivity index (χ0v) is 8.43. The van der Waals surface area contributed by atoms with Crippen LogP contribution >= 0.6 is 0 Å². The molecule has 0 fully saturated rings. The highest BCUT2D eigenvalue weighted by molar-refractivity contribution is 6.01. The molecule has 0 aliphatic carbocycles. The van der Waals surface area contributed by atoms with E-state index in [0.29, 0.717) is 17.9 Å². The summed E-state index contributed by atoms with van der Waals surface area (Å²) in [5, 5.41) is 0. The Morgan fingerprint density at radius 3 is 2.40 bits per heavy atom. The minimum Gasteiger partial charge on any atom is -0.494 e. The van der Waals surface area contributed by atoms with Crippen molar-refractivity contribution in [1.82, 2.24) is 0 Å². The Bertz CT molecular complexity index is 367. The largest absolute Gasteiger partial charge is 0.494 e. The van der Waals surface area contributed by atoms with Gasteiger partial charge in [-0.15, -0.1) is 0 Å². The molecule has 0 bridgehead atoms. The standard InChI is InChI=1S/C10H13N3O2/c1-2-15-8-5-3-7(4-6-8)9(14)13-10(11)12/h3-6H,2H2,1H3,(H4,11,12,13,14). The van der Waals surface area contributed by atoms with Crippen LogP contribution in [0.2, 0.25) is 0 Å². The van der Waals surface area contributed by atoms with E-state index in [1.54, 1.807) is 24.3 Å². The number of guanidine groups is 1. The Balaban J connectivity index is 2.80. The van der Waals surface area contributed by atoms with Gasteiger partial charge >= 0.3 is 0 Å². The molecular weight excluding hydrogens is 194 g/mol. The van der Waals surface area contributed by atoms with Crippen LogP contribution in [0.3, 0.4) is 0 Å². The minimum atomic E-state index is -0.460. The third kappa shape index (κ3) is 3.30. The molecule has 1 amide bonds. The van der Waals surface area contributed by atoms with E-state index in [-0.39, 0.29) is 5.96 Å².